The number of esters is 1. The van der Waals surface area contributed by atoms with Gasteiger partial charge in [-0.3, -0.25) is 14.4 Å². The van der Waals surface area contributed by atoms with Gasteiger partial charge < -0.3 is 10.1 Å². The number of ketones is 1. The molecule has 0 radical (unpaired) electrons. The Balaban J connectivity index is 1.91. The lowest BCUT2D eigenvalue weighted by Crippen LogP contribution is -2.20. The Morgan fingerprint density at radius 3 is 2.22 bits per heavy atom. The number of anilines is 1. The third-order valence-electron chi connectivity index (χ3n) is 4.21. The zero-order valence-corrected chi connectivity index (χ0v) is 15.7. The molecule has 27 heavy (non-hydrogen) atoms. The van der Waals surface area contributed by atoms with Gasteiger partial charge in [0.25, 0.3) is 0 Å². The molecule has 0 bridgehead atoms. The number of carbonyl (C=O) groups is 3. The van der Waals surface area contributed by atoms with Gasteiger partial charge >= 0.3 is 5.97 Å². The second-order valence-electron chi connectivity index (χ2n) is 6.28. The summed E-state index contributed by atoms with van der Waals surface area (Å²) >= 11 is 0. The number of ether oxygens (including phenoxy) is 1. The summed E-state index contributed by atoms with van der Waals surface area (Å²) in [5.41, 5.74) is 1.95. The minimum atomic E-state index is -0.402. The zero-order valence-electron chi connectivity index (χ0n) is 15.7. The van der Waals surface area contributed by atoms with Gasteiger partial charge in [-0.1, -0.05) is 44.2 Å². The van der Waals surface area contributed by atoms with E-state index in [1.807, 2.05) is 44.2 Å². The first-order chi connectivity index (χ1) is 13.0. The summed E-state index contributed by atoms with van der Waals surface area (Å²) in [5.74, 6) is -1.12. The van der Waals surface area contributed by atoms with Gasteiger partial charge in [0.1, 0.15) is 0 Å². The van der Waals surface area contributed by atoms with Crippen LogP contribution in [0, 0.1) is 0 Å². The van der Waals surface area contributed by atoms with Crippen molar-refractivity contribution in [1.82, 2.24) is 0 Å². The predicted molar refractivity (Wildman–Crippen MR) is 105 cm³/mol. The minimum absolute atomic E-state index is 0.0583. The van der Waals surface area contributed by atoms with Crippen molar-refractivity contribution < 1.29 is 19.1 Å². The Hall–Kier alpha value is -2.95. The maximum atomic E-state index is 12.3. The average molecular weight is 367 g/mol. The monoisotopic (exact) mass is 367 g/mol. The molecule has 2 aromatic rings. The Bertz CT molecular complexity index is 769. The lowest BCUT2D eigenvalue weighted by molar-refractivity contribution is -0.144. The molecular formula is C22H25NO4. The summed E-state index contributed by atoms with van der Waals surface area (Å²) in [4.78, 5) is 36.2. The maximum absolute atomic E-state index is 12.3. The predicted octanol–water partition coefficient (Wildman–Crippen LogP) is 4.34. The summed E-state index contributed by atoms with van der Waals surface area (Å²) in [6.45, 7) is 3.54. The Kier molecular flexibility index (Phi) is 7.74. The van der Waals surface area contributed by atoms with Gasteiger partial charge in [0, 0.05) is 17.7 Å². The first kappa shape index (κ1) is 20.4. The lowest BCUT2D eigenvalue weighted by Gasteiger charge is -2.14. The lowest BCUT2D eigenvalue weighted by atomic mass is 9.97. The van der Waals surface area contributed by atoms with Crippen LogP contribution in [0.15, 0.2) is 54.6 Å². The largest absolute Gasteiger partial charge is 0.457 e. The van der Waals surface area contributed by atoms with E-state index >= 15 is 0 Å². The summed E-state index contributed by atoms with van der Waals surface area (Å²) < 4.78 is 5.23. The molecule has 5 heteroatoms. The zero-order chi connectivity index (χ0) is 19.6. The number of nitrogens with one attached hydrogen (secondary N) is 1. The molecule has 0 aliphatic rings. The van der Waals surface area contributed by atoms with Crippen LogP contribution >= 0.6 is 0 Å². The van der Waals surface area contributed by atoms with Crippen molar-refractivity contribution in [2.45, 2.75) is 39.0 Å². The molecule has 0 unspecified atom stereocenters. The van der Waals surface area contributed by atoms with E-state index in [1.165, 1.54) is 0 Å². The van der Waals surface area contributed by atoms with Gasteiger partial charge in [-0.25, -0.2) is 0 Å². The maximum Gasteiger partial charge on any atom is 0.313 e. The van der Waals surface area contributed by atoms with Crippen molar-refractivity contribution in [3.63, 3.8) is 0 Å². The Morgan fingerprint density at radius 1 is 0.963 bits per heavy atom. The van der Waals surface area contributed by atoms with Crippen molar-refractivity contribution in [2.24, 2.45) is 0 Å². The number of Topliss-reactive ketones (excluding diaryl/α,β-unsaturated/α-hetero) is 1. The van der Waals surface area contributed by atoms with E-state index in [1.54, 1.807) is 24.3 Å². The molecule has 5 nitrogen and oxygen atoms in total. The highest BCUT2D eigenvalue weighted by atomic mass is 16.5. The van der Waals surface area contributed by atoms with Crippen LogP contribution in [0.1, 0.15) is 54.9 Å². The van der Waals surface area contributed by atoms with Gasteiger partial charge in [-0.2, -0.15) is 0 Å². The number of amides is 1. The van der Waals surface area contributed by atoms with Gasteiger partial charge in [0.05, 0.1) is 5.92 Å². The summed E-state index contributed by atoms with van der Waals surface area (Å²) in [5, 5.41) is 2.76. The molecule has 1 amide bonds. The van der Waals surface area contributed by atoms with E-state index in [0.29, 0.717) is 24.1 Å². The van der Waals surface area contributed by atoms with E-state index in [4.69, 9.17) is 4.74 Å². The molecule has 1 atom stereocenters. The van der Waals surface area contributed by atoms with Crippen molar-refractivity contribution >= 4 is 23.3 Å². The molecule has 0 aromatic heterocycles. The van der Waals surface area contributed by atoms with Gasteiger partial charge in [0.15, 0.2) is 12.4 Å². The van der Waals surface area contributed by atoms with E-state index in [2.05, 4.69) is 5.32 Å². The molecule has 0 saturated heterocycles. The van der Waals surface area contributed by atoms with Crippen LogP contribution in [0.25, 0.3) is 0 Å². The van der Waals surface area contributed by atoms with Crippen LogP contribution in [-0.4, -0.2) is 24.3 Å². The topological polar surface area (TPSA) is 72.5 Å². The van der Waals surface area contributed by atoms with Crippen LogP contribution in [0.4, 0.5) is 5.69 Å². The van der Waals surface area contributed by atoms with Gasteiger partial charge in [0.2, 0.25) is 5.91 Å². The minimum Gasteiger partial charge on any atom is -0.457 e. The van der Waals surface area contributed by atoms with E-state index < -0.39 is 5.97 Å². The fourth-order valence-corrected chi connectivity index (χ4v) is 2.73. The first-order valence-corrected chi connectivity index (χ1v) is 9.19. The molecule has 0 spiro atoms. The third kappa shape index (κ3) is 6.06. The molecule has 0 saturated carbocycles. The second-order valence-corrected chi connectivity index (χ2v) is 6.28. The highest BCUT2D eigenvalue weighted by Gasteiger charge is 2.21. The van der Waals surface area contributed by atoms with Crippen molar-refractivity contribution in [3.8, 4) is 0 Å². The highest BCUT2D eigenvalue weighted by molar-refractivity contribution is 5.99. The Labute approximate surface area is 159 Å². The molecule has 1 N–H and O–H groups in total. The molecule has 2 aromatic carbocycles. The normalized spacial score (nSPS) is 11.5. The third-order valence-corrected chi connectivity index (χ3v) is 4.21. The molecule has 142 valence electrons. The fraction of sp³-hybridized carbons (Fsp3) is 0.318. The standard InChI is InChI=1S/C22H25NO4/c1-3-8-21(25)23-18-13-11-17(12-14-18)20(24)15-27-22(26)19(4-2)16-9-6-5-7-10-16/h5-7,9-14,19H,3-4,8,15H2,1-2H3,(H,23,25)/t19-/m0/s1. The average Bonchev–Trinajstić information content (AvgIpc) is 2.68. The second kappa shape index (κ2) is 10.3. The smallest absolute Gasteiger partial charge is 0.313 e. The van der Waals surface area contributed by atoms with Crippen LogP contribution in [-0.2, 0) is 14.3 Å². The summed E-state index contributed by atoms with van der Waals surface area (Å²) in [7, 11) is 0. The van der Waals surface area contributed by atoms with Crippen molar-refractivity contribution in [3.05, 3.63) is 65.7 Å². The van der Waals surface area contributed by atoms with Gasteiger partial charge in [-0.05, 0) is 42.7 Å². The SMILES string of the molecule is CCCC(=O)Nc1ccc(C(=O)COC(=O)[C@@H](CC)c2ccccc2)cc1. The van der Waals surface area contributed by atoms with Crippen LogP contribution in [0.2, 0.25) is 0 Å². The van der Waals surface area contributed by atoms with Crippen LogP contribution in [0.5, 0.6) is 0 Å². The van der Waals surface area contributed by atoms with E-state index in [-0.39, 0.29) is 24.2 Å². The summed E-state index contributed by atoms with van der Waals surface area (Å²) in [6, 6.07) is 16.0. The molecule has 2 rings (SSSR count). The van der Waals surface area contributed by atoms with Crippen molar-refractivity contribution in [2.75, 3.05) is 11.9 Å². The number of benzene rings is 2. The highest BCUT2D eigenvalue weighted by Crippen LogP contribution is 2.21. The number of hydrogen-bond donors (Lipinski definition) is 1. The molecule has 0 aliphatic heterocycles. The first-order valence-electron chi connectivity index (χ1n) is 9.19. The number of hydrogen-bond acceptors (Lipinski definition) is 4. The van der Waals surface area contributed by atoms with Crippen LogP contribution in [0.3, 0.4) is 0 Å². The Morgan fingerprint density at radius 2 is 1.63 bits per heavy atom. The van der Waals surface area contributed by atoms with Crippen molar-refractivity contribution in [1.29, 1.82) is 0 Å². The van der Waals surface area contributed by atoms with Gasteiger partial charge in [-0.15, -0.1) is 0 Å². The number of rotatable bonds is 9. The number of carbonyl (C=O) groups excluding carboxylic acids is 3. The molecule has 0 heterocycles. The molecule has 0 fully saturated rings. The van der Waals surface area contributed by atoms with E-state index in [9.17, 15) is 14.4 Å². The molecular weight excluding hydrogens is 342 g/mol. The molecule has 0 aliphatic carbocycles. The fourth-order valence-electron chi connectivity index (χ4n) is 2.73. The van der Waals surface area contributed by atoms with E-state index in [0.717, 1.165) is 12.0 Å². The van der Waals surface area contributed by atoms with Crippen LogP contribution < -0.4 is 5.32 Å². The quantitative estimate of drug-likeness (QED) is 0.528. The summed E-state index contributed by atoms with van der Waals surface area (Å²) in [6.07, 6.45) is 1.83.